The molecule has 0 saturated heterocycles. The Balaban J connectivity index is 2.41. The Bertz CT molecular complexity index is 439. The predicted octanol–water partition coefficient (Wildman–Crippen LogP) is 3.01. The van der Waals surface area contributed by atoms with Gasteiger partial charge in [-0.05, 0) is 24.3 Å². The van der Waals surface area contributed by atoms with Crippen LogP contribution in [0, 0.1) is 5.41 Å². The van der Waals surface area contributed by atoms with Crippen molar-refractivity contribution in [2.75, 3.05) is 6.61 Å². The number of carbonyl (C=O) groups is 2. The second kappa shape index (κ2) is 6.15. The SMILES string of the molecule is CC(C)(C)C(=O)/C=C/COC(=O)c1ccccc1. The number of rotatable bonds is 4. The Morgan fingerprint density at radius 2 is 1.78 bits per heavy atom. The molecule has 0 amide bonds. The normalized spacial score (nSPS) is 11.5. The summed E-state index contributed by atoms with van der Waals surface area (Å²) in [4.78, 5) is 23.1. The fourth-order valence-electron chi connectivity index (χ4n) is 1.19. The average Bonchev–Trinajstić information content (AvgIpc) is 2.34. The lowest BCUT2D eigenvalue weighted by Crippen LogP contribution is -2.17. The number of hydrogen-bond acceptors (Lipinski definition) is 3. The summed E-state index contributed by atoms with van der Waals surface area (Å²) in [6.07, 6.45) is 3.02. The highest BCUT2D eigenvalue weighted by molar-refractivity contribution is 5.94. The van der Waals surface area contributed by atoms with Crippen LogP contribution < -0.4 is 0 Å². The van der Waals surface area contributed by atoms with Crippen LogP contribution in [0.2, 0.25) is 0 Å². The maximum Gasteiger partial charge on any atom is 0.338 e. The lowest BCUT2D eigenvalue weighted by Gasteiger charge is -2.12. The Morgan fingerprint density at radius 3 is 2.33 bits per heavy atom. The van der Waals surface area contributed by atoms with E-state index in [0.29, 0.717) is 5.56 Å². The topological polar surface area (TPSA) is 43.4 Å². The van der Waals surface area contributed by atoms with Crippen LogP contribution in [0.3, 0.4) is 0 Å². The number of ether oxygens (including phenoxy) is 1. The Labute approximate surface area is 107 Å². The van der Waals surface area contributed by atoms with Gasteiger partial charge < -0.3 is 4.74 Å². The van der Waals surface area contributed by atoms with Crippen LogP contribution in [0.15, 0.2) is 42.5 Å². The Kier molecular flexibility index (Phi) is 4.84. The van der Waals surface area contributed by atoms with E-state index in [9.17, 15) is 9.59 Å². The smallest absolute Gasteiger partial charge is 0.338 e. The molecule has 0 N–H and O–H groups in total. The van der Waals surface area contributed by atoms with E-state index in [1.54, 1.807) is 30.3 Å². The lowest BCUT2D eigenvalue weighted by atomic mass is 9.91. The molecule has 0 atom stereocenters. The number of allylic oxidation sites excluding steroid dienone is 1. The summed E-state index contributed by atoms with van der Waals surface area (Å²) in [6, 6.07) is 8.75. The van der Waals surface area contributed by atoms with Crippen molar-refractivity contribution in [3.63, 3.8) is 0 Å². The second-order valence-corrected chi connectivity index (χ2v) is 4.98. The monoisotopic (exact) mass is 246 g/mol. The van der Waals surface area contributed by atoms with Gasteiger partial charge in [0.05, 0.1) is 5.56 Å². The van der Waals surface area contributed by atoms with Gasteiger partial charge in [-0.25, -0.2) is 4.79 Å². The molecule has 0 bridgehead atoms. The molecule has 0 aliphatic carbocycles. The highest BCUT2D eigenvalue weighted by Gasteiger charge is 2.17. The fraction of sp³-hybridized carbons (Fsp3) is 0.333. The minimum atomic E-state index is -0.403. The average molecular weight is 246 g/mol. The molecule has 3 nitrogen and oxygen atoms in total. The molecule has 0 saturated carbocycles. The molecule has 3 heteroatoms. The molecule has 0 aliphatic heterocycles. The third-order valence-corrected chi connectivity index (χ3v) is 2.33. The van der Waals surface area contributed by atoms with E-state index in [4.69, 9.17) is 4.74 Å². The zero-order valence-corrected chi connectivity index (χ0v) is 11.0. The van der Waals surface area contributed by atoms with E-state index < -0.39 is 5.41 Å². The van der Waals surface area contributed by atoms with Crippen LogP contribution >= 0.6 is 0 Å². The zero-order valence-electron chi connectivity index (χ0n) is 11.0. The molecule has 0 heterocycles. The summed E-state index contributed by atoms with van der Waals surface area (Å²) >= 11 is 0. The van der Waals surface area contributed by atoms with Crippen molar-refractivity contribution in [1.82, 2.24) is 0 Å². The largest absolute Gasteiger partial charge is 0.458 e. The molecular weight excluding hydrogens is 228 g/mol. The lowest BCUT2D eigenvalue weighted by molar-refractivity contribution is -0.121. The summed E-state index contributed by atoms with van der Waals surface area (Å²) < 4.78 is 5.01. The number of benzene rings is 1. The van der Waals surface area contributed by atoms with Gasteiger partial charge in [0.2, 0.25) is 0 Å². The standard InChI is InChI=1S/C15H18O3/c1-15(2,3)13(16)10-7-11-18-14(17)12-8-5-4-6-9-12/h4-10H,11H2,1-3H3/b10-7+. The molecule has 0 unspecified atom stereocenters. The number of ketones is 1. The van der Waals surface area contributed by atoms with Crippen LogP contribution in [0.1, 0.15) is 31.1 Å². The maximum atomic E-state index is 11.6. The Morgan fingerprint density at radius 1 is 1.17 bits per heavy atom. The van der Waals surface area contributed by atoms with Crippen molar-refractivity contribution in [3.8, 4) is 0 Å². The van der Waals surface area contributed by atoms with E-state index in [2.05, 4.69) is 0 Å². The van der Waals surface area contributed by atoms with Crippen molar-refractivity contribution in [2.24, 2.45) is 5.41 Å². The quantitative estimate of drug-likeness (QED) is 0.606. The van der Waals surface area contributed by atoms with Crippen molar-refractivity contribution < 1.29 is 14.3 Å². The highest BCUT2D eigenvalue weighted by atomic mass is 16.5. The summed E-state index contributed by atoms with van der Waals surface area (Å²) in [5, 5.41) is 0. The molecule has 18 heavy (non-hydrogen) atoms. The molecule has 0 spiro atoms. The molecule has 1 aromatic rings. The molecule has 0 radical (unpaired) electrons. The van der Waals surface area contributed by atoms with Gasteiger partial charge in [0, 0.05) is 5.41 Å². The minimum Gasteiger partial charge on any atom is -0.458 e. The molecule has 0 aromatic heterocycles. The van der Waals surface area contributed by atoms with E-state index in [-0.39, 0.29) is 18.4 Å². The number of esters is 1. The van der Waals surface area contributed by atoms with Crippen LogP contribution in [0.25, 0.3) is 0 Å². The van der Waals surface area contributed by atoms with Crippen molar-refractivity contribution >= 4 is 11.8 Å². The molecule has 96 valence electrons. The first kappa shape index (κ1) is 14.2. The predicted molar refractivity (Wildman–Crippen MR) is 70.3 cm³/mol. The minimum absolute atomic E-state index is 0.0123. The number of hydrogen-bond donors (Lipinski definition) is 0. The number of carbonyl (C=O) groups excluding carboxylic acids is 2. The van der Waals surface area contributed by atoms with Gasteiger partial charge in [-0.3, -0.25) is 4.79 Å². The molecule has 1 aromatic carbocycles. The van der Waals surface area contributed by atoms with Gasteiger partial charge in [0.15, 0.2) is 5.78 Å². The van der Waals surface area contributed by atoms with Crippen LogP contribution in [0.4, 0.5) is 0 Å². The zero-order chi connectivity index (χ0) is 13.6. The first-order chi connectivity index (χ1) is 8.41. The van der Waals surface area contributed by atoms with Gasteiger partial charge in [-0.2, -0.15) is 0 Å². The summed E-state index contributed by atoms with van der Waals surface area (Å²) in [5.74, 6) is -0.373. The van der Waals surface area contributed by atoms with Crippen molar-refractivity contribution in [2.45, 2.75) is 20.8 Å². The van der Waals surface area contributed by atoms with Gasteiger partial charge in [0.25, 0.3) is 0 Å². The fourth-order valence-corrected chi connectivity index (χ4v) is 1.19. The molecular formula is C15H18O3. The van der Waals surface area contributed by atoms with Gasteiger partial charge >= 0.3 is 5.97 Å². The highest BCUT2D eigenvalue weighted by Crippen LogP contribution is 2.14. The van der Waals surface area contributed by atoms with E-state index >= 15 is 0 Å². The van der Waals surface area contributed by atoms with Gasteiger partial charge in [0.1, 0.15) is 6.61 Å². The summed E-state index contributed by atoms with van der Waals surface area (Å²) in [5.41, 5.74) is 0.105. The first-order valence-corrected chi connectivity index (χ1v) is 5.84. The van der Waals surface area contributed by atoms with E-state index in [1.165, 1.54) is 6.08 Å². The van der Waals surface area contributed by atoms with Crippen LogP contribution in [-0.4, -0.2) is 18.4 Å². The van der Waals surface area contributed by atoms with Crippen LogP contribution in [-0.2, 0) is 9.53 Å². The Hall–Kier alpha value is -1.90. The maximum absolute atomic E-state index is 11.6. The summed E-state index contributed by atoms with van der Waals surface area (Å²) in [7, 11) is 0. The van der Waals surface area contributed by atoms with Crippen LogP contribution in [0.5, 0.6) is 0 Å². The summed E-state index contributed by atoms with van der Waals surface area (Å²) in [6.45, 7) is 5.64. The van der Waals surface area contributed by atoms with Gasteiger partial charge in [-0.1, -0.05) is 39.0 Å². The molecule has 0 fully saturated rings. The molecule has 0 aliphatic rings. The third kappa shape index (κ3) is 4.53. The first-order valence-electron chi connectivity index (χ1n) is 5.84. The third-order valence-electron chi connectivity index (χ3n) is 2.33. The van der Waals surface area contributed by atoms with Crippen molar-refractivity contribution in [3.05, 3.63) is 48.0 Å². The van der Waals surface area contributed by atoms with Gasteiger partial charge in [-0.15, -0.1) is 0 Å². The van der Waals surface area contributed by atoms with E-state index in [0.717, 1.165) is 0 Å². The second-order valence-electron chi connectivity index (χ2n) is 4.98. The molecule has 1 rings (SSSR count). The van der Waals surface area contributed by atoms with Crippen molar-refractivity contribution in [1.29, 1.82) is 0 Å². The van der Waals surface area contributed by atoms with E-state index in [1.807, 2.05) is 26.8 Å².